The summed E-state index contributed by atoms with van der Waals surface area (Å²) in [5.74, 6) is -0.104. The van der Waals surface area contributed by atoms with Gasteiger partial charge in [0.1, 0.15) is 5.82 Å². The second-order valence-electron chi connectivity index (χ2n) is 8.08. The molecule has 1 heterocycles. The summed E-state index contributed by atoms with van der Waals surface area (Å²) in [6.45, 7) is 4.22. The lowest BCUT2D eigenvalue weighted by Crippen LogP contribution is -2.10. The van der Waals surface area contributed by atoms with Gasteiger partial charge in [-0.3, -0.25) is 9.59 Å². The van der Waals surface area contributed by atoms with Gasteiger partial charge in [0, 0.05) is 17.9 Å². The van der Waals surface area contributed by atoms with Crippen LogP contribution in [0.5, 0.6) is 0 Å². The first kappa shape index (κ1) is 23.1. The van der Waals surface area contributed by atoms with E-state index in [-0.39, 0.29) is 23.7 Å². The normalized spacial score (nSPS) is 12.9. The summed E-state index contributed by atoms with van der Waals surface area (Å²) in [6.07, 6.45) is 2.36. The Hall–Kier alpha value is -3.55. The van der Waals surface area contributed by atoms with Crippen molar-refractivity contribution in [2.45, 2.75) is 51.4 Å². The Bertz CT molecular complexity index is 1090. The molecule has 0 radical (unpaired) electrons. The fraction of sp³-hybridized carbons (Fsp3) is 0.333. The van der Waals surface area contributed by atoms with Crippen LogP contribution in [0.15, 0.2) is 47.0 Å². The number of aliphatic carboxylic acids is 1. The molecule has 3 N–H and O–H groups in total. The van der Waals surface area contributed by atoms with E-state index in [0.29, 0.717) is 35.3 Å². The number of hydrogen-bond donors (Lipinski definition) is 2. The summed E-state index contributed by atoms with van der Waals surface area (Å²) in [4.78, 5) is 25.4. The van der Waals surface area contributed by atoms with Crippen LogP contribution in [0, 0.1) is 5.82 Å². The van der Waals surface area contributed by atoms with Gasteiger partial charge in [0.25, 0.3) is 0 Å². The Kier molecular flexibility index (Phi) is 7.35. The molecule has 0 bridgehead atoms. The van der Waals surface area contributed by atoms with Crippen molar-refractivity contribution in [1.82, 2.24) is 10.1 Å². The van der Waals surface area contributed by atoms with Crippen LogP contribution in [0.2, 0.25) is 0 Å². The Balaban J connectivity index is 0.000000207. The van der Waals surface area contributed by atoms with Crippen molar-refractivity contribution in [3.8, 4) is 11.4 Å². The quantitative estimate of drug-likeness (QED) is 0.552. The molecule has 0 saturated heterocycles. The van der Waals surface area contributed by atoms with E-state index in [4.69, 9.17) is 15.4 Å². The molecule has 32 heavy (non-hydrogen) atoms. The van der Waals surface area contributed by atoms with Crippen molar-refractivity contribution >= 4 is 11.9 Å². The van der Waals surface area contributed by atoms with Crippen LogP contribution in [-0.4, -0.2) is 27.1 Å². The molecular weight excluding hydrogens is 413 g/mol. The second kappa shape index (κ2) is 10.2. The van der Waals surface area contributed by atoms with Crippen LogP contribution in [0.1, 0.15) is 72.3 Å². The van der Waals surface area contributed by atoms with Gasteiger partial charge in [-0.25, -0.2) is 4.39 Å². The Labute approximate surface area is 185 Å². The standard InChI is InChI=1S/C14H13FN2O3.C10H13NO/c15-11-7-8(2-6-12(18)19)1-5-10(11)13-16-14(20-17-13)9-3-4-9;1-7(2)8-3-5-9(6-4-8)10(11)12/h1,5,7,9H,2-4,6H2,(H,18,19);3-7H,1-2H3,(H2,11,12). The summed E-state index contributed by atoms with van der Waals surface area (Å²) in [5.41, 5.74) is 7.81. The molecule has 1 amide bonds. The van der Waals surface area contributed by atoms with Crippen LogP contribution < -0.4 is 5.73 Å². The van der Waals surface area contributed by atoms with Gasteiger partial charge >= 0.3 is 5.97 Å². The lowest BCUT2D eigenvalue weighted by Gasteiger charge is -2.04. The maximum atomic E-state index is 14.0. The average molecular weight is 439 g/mol. The number of benzene rings is 2. The fourth-order valence-corrected chi connectivity index (χ4v) is 3.02. The van der Waals surface area contributed by atoms with Gasteiger partial charge in [-0.2, -0.15) is 4.98 Å². The number of hydrogen-bond acceptors (Lipinski definition) is 5. The number of aromatic nitrogens is 2. The van der Waals surface area contributed by atoms with Crippen molar-refractivity contribution in [3.05, 3.63) is 70.9 Å². The molecular formula is C24H26FN3O4. The van der Waals surface area contributed by atoms with E-state index in [9.17, 15) is 14.0 Å². The number of carboxylic acids is 1. The predicted octanol–water partition coefficient (Wildman–Crippen LogP) is 4.68. The fourth-order valence-electron chi connectivity index (χ4n) is 3.02. The zero-order valence-corrected chi connectivity index (χ0v) is 18.0. The third kappa shape index (κ3) is 6.23. The van der Waals surface area contributed by atoms with E-state index in [2.05, 4.69) is 24.0 Å². The lowest BCUT2D eigenvalue weighted by atomic mass is 10.0. The summed E-state index contributed by atoms with van der Waals surface area (Å²) >= 11 is 0. The minimum absolute atomic E-state index is 0.0210. The number of primary amides is 1. The lowest BCUT2D eigenvalue weighted by molar-refractivity contribution is -0.136. The first-order chi connectivity index (χ1) is 15.2. The van der Waals surface area contributed by atoms with E-state index < -0.39 is 11.8 Å². The molecule has 1 aromatic heterocycles. The Morgan fingerprint density at radius 1 is 1.19 bits per heavy atom. The molecule has 1 aliphatic rings. The predicted molar refractivity (Wildman–Crippen MR) is 117 cm³/mol. The summed E-state index contributed by atoms with van der Waals surface area (Å²) in [5, 5.41) is 12.4. The van der Waals surface area contributed by atoms with Crippen LogP contribution in [0.25, 0.3) is 11.4 Å². The van der Waals surface area contributed by atoms with E-state index in [1.165, 1.54) is 11.6 Å². The molecule has 1 aliphatic carbocycles. The molecule has 7 nitrogen and oxygen atoms in total. The van der Waals surface area contributed by atoms with Crippen molar-refractivity contribution < 1.29 is 23.6 Å². The van der Waals surface area contributed by atoms with E-state index in [0.717, 1.165) is 12.8 Å². The number of halogens is 1. The Morgan fingerprint density at radius 3 is 2.41 bits per heavy atom. The molecule has 0 aliphatic heterocycles. The molecule has 2 aromatic carbocycles. The number of carbonyl (C=O) groups is 2. The molecule has 0 unspecified atom stereocenters. The number of rotatable bonds is 7. The van der Waals surface area contributed by atoms with Gasteiger partial charge in [-0.15, -0.1) is 0 Å². The van der Waals surface area contributed by atoms with Gasteiger partial charge < -0.3 is 15.4 Å². The first-order valence-electron chi connectivity index (χ1n) is 10.5. The van der Waals surface area contributed by atoms with Crippen molar-refractivity contribution in [2.24, 2.45) is 5.73 Å². The highest BCUT2D eigenvalue weighted by atomic mass is 19.1. The molecule has 1 saturated carbocycles. The number of carbonyl (C=O) groups excluding carboxylic acids is 1. The smallest absolute Gasteiger partial charge is 0.303 e. The summed E-state index contributed by atoms with van der Waals surface area (Å²) < 4.78 is 19.1. The third-order valence-electron chi connectivity index (χ3n) is 5.13. The molecule has 0 spiro atoms. The van der Waals surface area contributed by atoms with E-state index >= 15 is 0 Å². The minimum atomic E-state index is -0.901. The molecule has 4 rings (SSSR count). The van der Waals surface area contributed by atoms with Gasteiger partial charge in [0.2, 0.25) is 17.6 Å². The number of amides is 1. The highest BCUT2D eigenvalue weighted by Crippen LogP contribution is 2.39. The molecule has 1 fully saturated rings. The van der Waals surface area contributed by atoms with Crippen LogP contribution in [-0.2, 0) is 11.2 Å². The highest BCUT2D eigenvalue weighted by Gasteiger charge is 2.30. The molecule has 8 heteroatoms. The van der Waals surface area contributed by atoms with Crippen molar-refractivity contribution in [1.29, 1.82) is 0 Å². The number of nitrogens with two attached hydrogens (primary N) is 1. The van der Waals surface area contributed by atoms with Gasteiger partial charge in [0.15, 0.2) is 0 Å². The maximum absolute atomic E-state index is 14.0. The average Bonchev–Trinajstić information content (AvgIpc) is 3.50. The van der Waals surface area contributed by atoms with Crippen LogP contribution in [0.4, 0.5) is 4.39 Å². The molecule has 3 aromatic rings. The van der Waals surface area contributed by atoms with Gasteiger partial charge in [-0.05, 0) is 60.6 Å². The zero-order valence-electron chi connectivity index (χ0n) is 18.0. The minimum Gasteiger partial charge on any atom is -0.481 e. The van der Waals surface area contributed by atoms with Gasteiger partial charge in [-0.1, -0.05) is 37.2 Å². The van der Waals surface area contributed by atoms with Crippen molar-refractivity contribution in [3.63, 3.8) is 0 Å². The summed E-state index contributed by atoms with van der Waals surface area (Å²) in [7, 11) is 0. The monoisotopic (exact) mass is 439 g/mol. The zero-order chi connectivity index (χ0) is 23.3. The summed E-state index contributed by atoms with van der Waals surface area (Å²) in [6, 6.07) is 12.0. The number of nitrogens with zero attached hydrogens (tertiary/aromatic N) is 2. The number of carboxylic acid groups (broad SMARTS) is 1. The van der Waals surface area contributed by atoms with Crippen molar-refractivity contribution in [2.75, 3.05) is 0 Å². The number of aryl methyl sites for hydroxylation is 1. The first-order valence-corrected chi connectivity index (χ1v) is 10.5. The van der Waals surface area contributed by atoms with Crippen LogP contribution in [0.3, 0.4) is 0 Å². The van der Waals surface area contributed by atoms with Crippen LogP contribution >= 0.6 is 0 Å². The largest absolute Gasteiger partial charge is 0.481 e. The van der Waals surface area contributed by atoms with E-state index in [1.807, 2.05) is 12.1 Å². The highest BCUT2D eigenvalue weighted by molar-refractivity contribution is 5.92. The van der Waals surface area contributed by atoms with E-state index in [1.54, 1.807) is 24.3 Å². The Morgan fingerprint density at radius 2 is 1.88 bits per heavy atom. The maximum Gasteiger partial charge on any atom is 0.303 e. The second-order valence-corrected chi connectivity index (χ2v) is 8.08. The van der Waals surface area contributed by atoms with Gasteiger partial charge in [0.05, 0.1) is 5.56 Å². The molecule has 168 valence electrons. The topological polar surface area (TPSA) is 119 Å². The molecule has 0 atom stereocenters. The SMILES string of the molecule is CC(C)c1ccc(C(N)=O)cc1.O=C(O)CCc1ccc(-c2noc(C3CC3)n2)c(F)c1. The third-order valence-corrected chi connectivity index (χ3v) is 5.13.